The number of aryl methyl sites for hydroxylation is 1. The lowest BCUT2D eigenvalue weighted by molar-refractivity contribution is -0.140. The molecule has 0 spiro atoms. The molecule has 0 heterocycles. The van der Waals surface area contributed by atoms with Gasteiger partial charge in [-0.25, -0.2) is 8.42 Å². The normalized spacial score (nSPS) is 12.2. The second-order valence-corrected chi connectivity index (χ2v) is 9.92. The van der Waals surface area contributed by atoms with Crippen molar-refractivity contribution in [2.75, 3.05) is 23.7 Å². The first kappa shape index (κ1) is 25.7. The van der Waals surface area contributed by atoms with Crippen molar-refractivity contribution in [3.05, 3.63) is 64.7 Å². The third-order valence-electron chi connectivity index (χ3n) is 4.99. The highest BCUT2D eigenvalue weighted by molar-refractivity contribution is 7.92. The molecule has 0 saturated carbocycles. The van der Waals surface area contributed by atoms with E-state index in [9.17, 15) is 18.0 Å². The molecule has 0 radical (unpaired) electrons. The van der Waals surface area contributed by atoms with Gasteiger partial charge in [0, 0.05) is 18.1 Å². The van der Waals surface area contributed by atoms with E-state index in [2.05, 4.69) is 5.32 Å². The van der Waals surface area contributed by atoms with Crippen LogP contribution in [-0.4, -0.2) is 50.5 Å². The number of nitrogens with zero attached hydrogens (tertiary/aromatic N) is 2. The van der Waals surface area contributed by atoms with Gasteiger partial charge in [0.2, 0.25) is 21.8 Å². The number of likely N-dealkylation sites (N-methyl/N-ethyl adjacent to an activating group) is 1. The van der Waals surface area contributed by atoms with Crippen molar-refractivity contribution < 1.29 is 18.0 Å². The van der Waals surface area contributed by atoms with Gasteiger partial charge in [0.25, 0.3) is 0 Å². The maximum absolute atomic E-state index is 13.4. The summed E-state index contributed by atoms with van der Waals surface area (Å²) in [6, 6.07) is 13.2. The highest BCUT2D eigenvalue weighted by atomic mass is 35.5. The third-order valence-corrected chi connectivity index (χ3v) is 6.36. The minimum absolute atomic E-state index is 0.182. The maximum Gasteiger partial charge on any atom is 0.244 e. The van der Waals surface area contributed by atoms with Crippen LogP contribution in [0.2, 0.25) is 5.02 Å². The highest BCUT2D eigenvalue weighted by Crippen LogP contribution is 2.23. The molecule has 174 valence electrons. The lowest BCUT2D eigenvalue weighted by Gasteiger charge is -2.32. The van der Waals surface area contributed by atoms with Gasteiger partial charge in [-0.05, 0) is 44.0 Å². The topological polar surface area (TPSA) is 86.8 Å². The molecule has 32 heavy (non-hydrogen) atoms. The molecular formula is C23H30ClN3O4S. The Morgan fingerprint density at radius 3 is 2.28 bits per heavy atom. The average Bonchev–Trinajstić information content (AvgIpc) is 2.72. The van der Waals surface area contributed by atoms with Crippen molar-refractivity contribution in [2.24, 2.45) is 0 Å². The number of halogens is 1. The largest absolute Gasteiger partial charge is 0.355 e. The van der Waals surface area contributed by atoms with Crippen LogP contribution in [0.4, 0.5) is 5.69 Å². The molecule has 0 aromatic heterocycles. The van der Waals surface area contributed by atoms with Crippen LogP contribution in [0.25, 0.3) is 0 Å². The number of hydrogen-bond donors (Lipinski definition) is 1. The fourth-order valence-corrected chi connectivity index (χ4v) is 4.37. The van der Waals surface area contributed by atoms with Crippen molar-refractivity contribution in [3.63, 3.8) is 0 Å². The zero-order valence-electron chi connectivity index (χ0n) is 18.8. The molecule has 1 N–H and O–H groups in total. The second kappa shape index (κ2) is 11.3. The number of amides is 2. The van der Waals surface area contributed by atoms with Crippen LogP contribution >= 0.6 is 11.6 Å². The summed E-state index contributed by atoms with van der Waals surface area (Å²) in [7, 11) is -3.78. The van der Waals surface area contributed by atoms with Gasteiger partial charge in [-0.3, -0.25) is 13.9 Å². The van der Waals surface area contributed by atoms with E-state index in [4.69, 9.17) is 11.6 Å². The van der Waals surface area contributed by atoms with Gasteiger partial charge in [-0.2, -0.15) is 0 Å². The van der Waals surface area contributed by atoms with Crippen LogP contribution in [-0.2, 0) is 26.2 Å². The van der Waals surface area contributed by atoms with Crippen molar-refractivity contribution in [2.45, 2.75) is 39.8 Å². The predicted molar refractivity (Wildman–Crippen MR) is 128 cm³/mol. The molecule has 0 aliphatic heterocycles. The number of benzene rings is 2. The number of hydrogen-bond acceptors (Lipinski definition) is 4. The van der Waals surface area contributed by atoms with Crippen molar-refractivity contribution in [1.82, 2.24) is 10.2 Å². The van der Waals surface area contributed by atoms with E-state index in [0.717, 1.165) is 21.7 Å². The third kappa shape index (κ3) is 6.97. The van der Waals surface area contributed by atoms with E-state index >= 15 is 0 Å². The number of sulfonamides is 1. The van der Waals surface area contributed by atoms with Gasteiger partial charge in [0.15, 0.2) is 0 Å². The molecule has 0 aliphatic carbocycles. The van der Waals surface area contributed by atoms with Crippen LogP contribution in [0.5, 0.6) is 0 Å². The fraction of sp³-hybridized carbons (Fsp3) is 0.391. The van der Waals surface area contributed by atoms with Gasteiger partial charge in [0.1, 0.15) is 12.6 Å². The minimum Gasteiger partial charge on any atom is -0.355 e. The van der Waals surface area contributed by atoms with Crippen molar-refractivity contribution >= 4 is 39.1 Å². The number of anilines is 1. The zero-order chi connectivity index (χ0) is 23.9. The van der Waals surface area contributed by atoms with Crippen LogP contribution in [0.1, 0.15) is 31.4 Å². The Morgan fingerprint density at radius 2 is 1.75 bits per heavy atom. The summed E-state index contributed by atoms with van der Waals surface area (Å²) in [6.45, 7) is 5.76. The first-order valence-corrected chi connectivity index (χ1v) is 12.7. The lowest BCUT2D eigenvalue weighted by atomic mass is 10.1. The SMILES string of the molecule is CCNC(=O)C(CC)N(Cc1ccc(C)cc1)C(=O)CN(c1cccc(Cl)c1)S(C)(=O)=O. The molecule has 0 bridgehead atoms. The van der Waals surface area contributed by atoms with Crippen LogP contribution in [0.15, 0.2) is 48.5 Å². The van der Waals surface area contributed by atoms with E-state index in [-0.39, 0.29) is 18.1 Å². The number of nitrogens with one attached hydrogen (secondary N) is 1. The summed E-state index contributed by atoms with van der Waals surface area (Å²) in [6.07, 6.45) is 1.42. The summed E-state index contributed by atoms with van der Waals surface area (Å²) in [4.78, 5) is 27.6. The van der Waals surface area contributed by atoms with Gasteiger partial charge in [0.05, 0.1) is 11.9 Å². The Kier molecular flexibility index (Phi) is 9.09. The van der Waals surface area contributed by atoms with Crippen molar-refractivity contribution in [1.29, 1.82) is 0 Å². The van der Waals surface area contributed by atoms with E-state index in [0.29, 0.717) is 18.0 Å². The van der Waals surface area contributed by atoms with Crippen LogP contribution in [0, 0.1) is 6.92 Å². The molecular weight excluding hydrogens is 450 g/mol. The molecule has 1 unspecified atom stereocenters. The summed E-state index contributed by atoms with van der Waals surface area (Å²) in [5.41, 5.74) is 2.21. The van der Waals surface area contributed by atoms with Gasteiger partial charge in [-0.15, -0.1) is 0 Å². The number of rotatable bonds is 10. The first-order valence-electron chi connectivity index (χ1n) is 10.4. The first-order chi connectivity index (χ1) is 15.1. The Hall–Kier alpha value is -2.58. The van der Waals surface area contributed by atoms with Crippen LogP contribution < -0.4 is 9.62 Å². The Balaban J connectivity index is 2.42. The molecule has 9 heteroatoms. The van der Waals surface area contributed by atoms with E-state index in [1.54, 1.807) is 25.1 Å². The molecule has 2 aromatic carbocycles. The average molecular weight is 480 g/mol. The molecule has 2 rings (SSSR count). The standard InChI is InChI=1S/C23H30ClN3O4S/c1-5-21(23(29)25-6-2)26(15-18-12-10-17(3)11-13-18)22(28)16-27(32(4,30)31)20-9-7-8-19(24)14-20/h7-14,21H,5-6,15-16H2,1-4H3,(H,25,29). The fourth-order valence-electron chi connectivity index (χ4n) is 3.35. The molecule has 1 atom stereocenters. The summed E-state index contributed by atoms with van der Waals surface area (Å²) in [5.74, 6) is -0.752. The minimum atomic E-state index is -3.78. The van der Waals surface area contributed by atoms with Gasteiger partial charge >= 0.3 is 0 Å². The predicted octanol–water partition coefficient (Wildman–Crippen LogP) is 3.36. The number of carbonyl (C=O) groups excluding carboxylic acids is 2. The molecule has 2 aromatic rings. The Bertz CT molecular complexity index is 1040. The monoisotopic (exact) mass is 479 g/mol. The number of carbonyl (C=O) groups is 2. The van der Waals surface area contributed by atoms with Crippen LogP contribution in [0.3, 0.4) is 0 Å². The van der Waals surface area contributed by atoms with E-state index in [1.165, 1.54) is 11.0 Å². The summed E-state index contributed by atoms with van der Waals surface area (Å²) >= 11 is 6.04. The van der Waals surface area contributed by atoms with Gasteiger partial charge in [-0.1, -0.05) is 54.4 Å². The molecule has 0 aliphatic rings. The molecule has 0 fully saturated rings. The second-order valence-electron chi connectivity index (χ2n) is 7.58. The quantitative estimate of drug-likeness (QED) is 0.566. The zero-order valence-corrected chi connectivity index (χ0v) is 20.4. The van der Waals surface area contributed by atoms with E-state index < -0.39 is 28.5 Å². The highest BCUT2D eigenvalue weighted by Gasteiger charge is 2.31. The molecule has 2 amide bonds. The summed E-state index contributed by atoms with van der Waals surface area (Å²) in [5, 5.41) is 3.12. The molecule has 0 saturated heterocycles. The van der Waals surface area contributed by atoms with E-state index in [1.807, 2.05) is 38.1 Å². The van der Waals surface area contributed by atoms with Crippen molar-refractivity contribution in [3.8, 4) is 0 Å². The maximum atomic E-state index is 13.4. The lowest BCUT2D eigenvalue weighted by Crippen LogP contribution is -2.52. The van der Waals surface area contributed by atoms with Gasteiger partial charge < -0.3 is 10.2 Å². The molecule has 7 nitrogen and oxygen atoms in total. The Morgan fingerprint density at radius 1 is 1.09 bits per heavy atom. The Labute approximate surface area is 195 Å². The summed E-state index contributed by atoms with van der Waals surface area (Å²) < 4.78 is 26.0. The smallest absolute Gasteiger partial charge is 0.244 e.